The minimum absolute atomic E-state index is 0.166. The van der Waals surface area contributed by atoms with Gasteiger partial charge < -0.3 is 9.73 Å². The molecule has 3 rings (SSSR count). The van der Waals surface area contributed by atoms with Gasteiger partial charge in [0.15, 0.2) is 0 Å². The molecule has 142 valence electrons. The molecular formula is C17H18N4O4S2. The summed E-state index contributed by atoms with van der Waals surface area (Å²) in [5.74, 6) is 0.103. The van der Waals surface area contributed by atoms with Crippen LogP contribution in [0.3, 0.4) is 0 Å². The SMILES string of the molecule is Cc1ccc(-c2nnc(S[C@@H](C)C(=O)NCCN3C(=O)CSC3=O)o2)cc1. The number of nitrogens with one attached hydrogen (secondary N) is 1. The maximum Gasteiger partial charge on any atom is 0.288 e. The van der Waals surface area contributed by atoms with Gasteiger partial charge in [0.2, 0.25) is 17.7 Å². The molecule has 10 heteroatoms. The third-order valence-corrected chi connectivity index (χ3v) is 5.62. The molecule has 0 unspecified atom stereocenters. The molecule has 8 nitrogen and oxygen atoms in total. The van der Waals surface area contributed by atoms with Gasteiger partial charge in [-0.05, 0) is 26.0 Å². The van der Waals surface area contributed by atoms with E-state index in [1.165, 1.54) is 0 Å². The topological polar surface area (TPSA) is 105 Å². The second-order valence-electron chi connectivity index (χ2n) is 5.89. The number of aromatic nitrogens is 2. The van der Waals surface area contributed by atoms with Crippen LogP contribution in [0.25, 0.3) is 11.5 Å². The summed E-state index contributed by atoms with van der Waals surface area (Å²) in [5.41, 5.74) is 1.95. The molecule has 3 amide bonds. The lowest BCUT2D eigenvalue weighted by molar-refractivity contribution is -0.125. The van der Waals surface area contributed by atoms with E-state index in [4.69, 9.17) is 4.42 Å². The van der Waals surface area contributed by atoms with Crippen molar-refractivity contribution in [3.63, 3.8) is 0 Å². The molecular weight excluding hydrogens is 388 g/mol. The number of amides is 3. The first kappa shape index (κ1) is 19.4. The smallest absolute Gasteiger partial charge is 0.288 e. The fraction of sp³-hybridized carbons (Fsp3) is 0.353. The van der Waals surface area contributed by atoms with Crippen molar-refractivity contribution in [2.45, 2.75) is 24.3 Å². The third-order valence-electron chi connectivity index (χ3n) is 3.83. The minimum Gasteiger partial charge on any atom is -0.411 e. The second kappa shape index (κ2) is 8.57. The summed E-state index contributed by atoms with van der Waals surface area (Å²) in [4.78, 5) is 36.3. The van der Waals surface area contributed by atoms with Crippen LogP contribution in [0.5, 0.6) is 0 Å². The van der Waals surface area contributed by atoms with E-state index in [1.807, 2.05) is 31.2 Å². The first-order valence-electron chi connectivity index (χ1n) is 8.26. The number of nitrogens with zero attached hydrogens (tertiary/aromatic N) is 3. The van der Waals surface area contributed by atoms with Crippen molar-refractivity contribution >= 4 is 40.6 Å². The van der Waals surface area contributed by atoms with Crippen LogP contribution in [-0.2, 0) is 9.59 Å². The van der Waals surface area contributed by atoms with Crippen molar-refractivity contribution in [1.82, 2.24) is 20.4 Å². The first-order valence-corrected chi connectivity index (χ1v) is 10.1. The van der Waals surface area contributed by atoms with Gasteiger partial charge in [-0.25, -0.2) is 0 Å². The van der Waals surface area contributed by atoms with E-state index >= 15 is 0 Å². The van der Waals surface area contributed by atoms with Crippen molar-refractivity contribution < 1.29 is 18.8 Å². The summed E-state index contributed by atoms with van der Waals surface area (Å²) in [7, 11) is 0. The van der Waals surface area contributed by atoms with Crippen molar-refractivity contribution in [2.24, 2.45) is 0 Å². The normalized spacial score (nSPS) is 15.3. The molecule has 0 radical (unpaired) electrons. The van der Waals surface area contributed by atoms with Gasteiger partial charge in [0.25, 0.3) is 10.5 Å². The number of imide groups is 1. The predicted molar refractivity (Wildman–Crippen MR) is 102 cm³/mol. The van der Waals surface area contributed by atoms with E-state index in [0.29, 0.717) is 11.1 Å². The molecule has 1 aliphatic rings. The molecule has 1 aromatic carbocycles. The molecule has 1 saturated heterocycles. The van der Waals surface area contributed by atoms with Crippen molar-refractivity contribution in [3.05, 3.63) is 29.8 Å². The number of hydrogen-bond donors (Lipinski definition) is 1. The Labute approximate surface area is 164 Å². The zero-order chi connectivity index (χ0) is 19.4. The summed E-state index contributed by atoms with van der Waals surface area (Å²) in [6.45, 7) is 4.09. The number of carbonyl (C=O) groups is 3. The van der Waals surface area contributed by atoms with E-state index in [0.717, 1.165) is 39.6 Å². The quantitative estimate of drug-likeness (QED) is 0.699. The maximum absolute atomic E-state index is 12.2. The zero-order valence-electron chi connectivity index (χ0n) is 14.8. The fourth-order valence-corrected chi connectivity index (χ4v) is 3.77. The summed E-state index contributed by atoms with van der Waals surface area (Å²) in [5, 5.41) is 10.2. The molecule has 0 spiro atoms. The second-order valence-corrected chi connectivity index (χ2v) is 8.11. The van der Waals surface area contributed by atoms with Crippen LogP contribution in [0.4, 0.5) is 4.79 Å². The number of benzene rings is 1. The van der Waals surface area contributed by atoms with E-state index in [2.05, 4.69) is 15.5 Å². The lowest BCUT2D eigenvalue weighted by Crippen LogP contribution is -2.39. The van der Waals surface area contributed by atoms with Crippen LogP contribution in [0.1, 0.15) is 12.5 Å². The lowest BCUT2D eigenvalue weighted by atomic mass is 10.1. The van der Waals surface area contributed by atoms with Gasteiger partial charge in [0.05, 0.1) is 11.0 Å². The Hall–Kier alpha value is -2.33. The van der Waals surface area contributed by atoms with Gasteiger partial charge in [-0.1, -0.05) is 41.2 Å². The van der Waals surface area contributed by atoms with Crippen molar-refractivity contribution in [1.29, 1.82) is 0 Å². The molecule has 1 aliphatic heterocycles. The van der Waals surface area contributed by atoms with E-state index in [-0.39, 0.29) is 35.9 Å². The fourth-order valence-electron chi connectivity index (χ4n) is 2.31. The van der Waals surface area contributed by atoms with Crippen LogP contribution >= 0.6 is 23.5 Å². The summed E-state index contributed by atoms with van der Waals surface area (Å²) in [6.07, 6.45) is 0. The maximum atomic E-state index is 12.2. The first-order chi connectivity index (χ1) is 12.9. The number of aryl methyl sites for hydroxylation is 1. The highest BCUT2D eigenvalue weighted by atomic mass is 32.2. The number of hydrogen-bond acceptors (Lipinski definition) is 8. The molecule has 0 aliphatic carbocycles. The number of carbonyl (C=O) groups excluding carboxylic acids is 3. The molecule has 1 atom stereocenters. The Bertz CT molecular complexity index is 837. The van der Waals surface area contributed by atoms with Gasteiger partial charge in [-0.3, -0.25) is 19.3 Å². The van der Waals surface area contributed by atoms with E-state index in [1.54, 1.807) is 6.92 Å². The van der Waals surface area contributed by atoms with Gasteiger partial charge in [-0.15, -0.1) is 10.2 Å². The predicted octanol–water partition coefficient (Wildman–Crippen LogP) is 2.34. The van der Waals surface area contributed by atoms with Crippen LogP contribution in [0.2, 0.25) is 0 Å². The summed E-state index contributed by atoms with van der Waals surface area (Å²) >= 11 is 2.12. The Kier molecular flexibility index (Phi) is 6.17. The number of thioether (sulfide) groups is 2. The molecule has 27 heavy (non-hydrogen) atoms. The van der Waals surface area contributed by atoms with Crippen LogP contribution in [0.15, 0.2) is 33.9 Å². The minimum atomic E-state index is -0.462. The van der Waals surface area contributed by atoms with Gasteiger partial charge in [0.1, 0.15) is 0 Å². The highest BCUT2D eigenvalue weighted by Crippen LogP contribution is 2.26. The highest BCUT2D eigenvalue weighted by molar-refractivity contribution is 8.14. The molecule has 1 N–H and O–H groups in total. The molecule has 0 bridgehead atoms. The lowest BCUT2D eigenvalue weighted by Gasteiger charge is -2.14. The van der Waals surface area contributed by atoms with E-state index < -0.39 is 5.25 Å². The molecule has 1 fully saturated rings. The van der Waals surface area contributed by atoms with Gasteiger partial charge in [-0.2, -0.15) is 0 Å². The Balaban J connectivity index is 1.49. The largest absolute Gasteiger partial charge is 0.411 e. The Morgan fingerprint density at radius 3 is 2.74 bits per heavy atom. The van der Waals surface area contributed by atoms with Crippen LogP contribution in [0, 0.1) is 6.92 Å². The van der Waals surface area contributed by atoms with E-state index in [9.17, 15) is 14.4 Å². The average molecular weight is 406 g/mol. The molecule has 2 aromatic rings. The van der Waals surface area contributed by atoms with Crippen LogP contribution < -0.4 is 5.32 Å². The molecule has 2 heterocycles. The van der Waals surface area contributed by atoms with Gasteiger partial charge >= 0.3 is 0 Å². The highest BCUT2D eigenvalue weighted by Gasteiger charge is 2.29. The van der Waals surface area contributed by atoms with Crippen molar-refractivity contribution in [3.8, 4) is 11.5 Å². The standard InChI is InChI=1S/C17H18N4O4S2/c1-10-3-5-12(6-4-10)15-19-20-16(25-15)27-11(2)14(23)18-7-8-21-13(22)9-26-17(21)24/h3-6,11H,7-9H2,1-2H3,(H,18,23)/t11-/m0/s1. The number of rotatable bonds is 7. The molecule has 1 aromatic heterocycles. The summed E-state index contributed by atoms with van der Waals surface area (Å²) in [6, 6.07) is 7.70. The Morgan fingerprint density at radius 2 is 2.07 bits per heavy atom. The average Bonchev–Trinajstić information content (AvgIpc) is 3.23. The summed E-state index contributed by atoms with van der Waals surface area (Å²) < 4.78 is 5.60. The van der Waals surface area contributed by atoms with Crippen LogP contribution in [-0.4, -0.2) is 56.2 Å². The zero-order valence-corrected chi connectivity index (χ0v) is 16.4. The molecule has 0 saturated carbocycles. The third kappa shape index (κ3) is 4.89. The monoisotopic (exact) mass is 406 g/mol. The Morgan fingerprint density at radius 1 is 1.33 bits per heavy atom. The van der Waals surface area contributed by atoms with Gasteiger partial charge in [0, 0.05) is 18.7 Å². The van der Waals surface area contributed by atoms with Crippen molar-refractivity contribution in [2.75, 3.05) is 18.8 Å².